The van der Waals surface area contributed by atoms with Crippen LogP contribution >= 0.6 is 15.9 Å². The minimum Gasteiger partial charge on any atom is -0.396 e. The van der Waals surface area contributed by atoms with E-state index in [9.17, 15) is 0 Å². The third-order valence-electron chi connectivity index (χ3n) is 2.30. The summed E-state index contributed by atoms with van der Waals surface area (Å²) in [6.45, 7) is 4.16. The Labute approximate surface area is 100 Å². The number of hydrogen-bond donors (Lipinski definition) is 1. The first-order valence-corrected chi connectivity index (χ1v) is 5.95. The predicted octanol–water partition coefficient (Wildman–Crippen LogP) is 2.51. The molecule has 1 N–H and O–H groups in total. The van der Waals surface area contributed by atoms with Crippen LogP contribution in [-0.2, 0) is 6.54 Å². The van der Waals surface area contributed by atoms with Crippen molar-refractivity contribution < 1.29 is 5.11 Å². The minimum absolute atomic E-state index is 0.255. The first kappa shape index (κ1) is 12.7. The maximum absolute atomic E-state index is 8.95. The number of aliphatic hydroxyl groups excluding tert-OH is 1. The zero-order valence-electron chi connectivity index (χ0n) is 9.28. The Morgan fingerprint density at radius 2 is 1.93 bits per heavy atom. The molecule has 0 aliphatic carbocycles. The molecule has 0 heterocycles. The van der Waals surface area contributed by atoms with E-state index in [0.29, 0.717) is 5.92 Å². The lowest BCUT2D eigenvalue weighted by Crippen LogP contribution is -2.25. The van der Waals surface area contributed by atoms with Crippen molar-refractivity contribution in [3.63, 3.8) is 0 Å². The van der Waals surface area contributed by atoms with Crippen molar-refractivity contribution in [3.05, 3.63) is 34.3 Å². The molecule has 1 rings (SSSR count). The maximum atomic E-state index is 8.95. The molecule has 1 unspecified atom stereocenters. The summed E-state index contributed by atoms with van der Waals surface area (Å²) in [5.74, 6) is 0.338. The molecule has 15 heavy (non-hydrogen) atoms. The topological polar surface area (TPSA) is 23.5 Å². The third-order valence-corrected chi connectivity index (χ3v) is 2.83. The molecule has 0 saturated carbocycles. The van der Waals surface area contributed by atoms with Gasteiger partial charge in [0.15, 0.2) is 0 Å². The molecule has 0 amide bonds. The van der Waals surface area contributed by atoms with Crippen LogP contribution in [0.3, 0.4) is 0 Å². The highest BCUT2D eigenvalue weighted by atomic mass is 79.9. The maximum Gasteiger partial charge on any atom is 0.0468 e. The van der Waals surface area contributed by atoms with Gasteiger partial charge in [-0.05, 0) is 30.7 Å². The second kappa shape index (κ2) is 6.26. The molecule has 3 heteroatoms. The summed E-state index contributed by atoms with van der Waals surface area (Å²) in [6, 6.07) is 8.34. The van der Waals surface area contributed by atoms with E-state index in [1.807, 2.05) is 0 Å². The summed E-state index contributed by atoms with van der Waals surface area (Å²) in [5, 5.41) is 8.95. The van der Waals surface area contributed by atoms with E-state index < -0.39 is 0 Å². The highest BCUT2D eigenvalue weighted by Gasteiger charge is 2.05. The average Bonchev–Trinajstić information content (AvgIpc) is 2.21. The van der Waals surface area contributed by atoms with Crippen molar-refractivity contribution in [3.8, 4) is 0 Å². The minimum atomic E-state index is 0.255. The van der Waals surface area contributed by atoms with Gasteiger partial charge in [-0.2, -0.15) is 0 Å². The van der Waals surface area contributed by atoms with Crippen molar-refractivity contribution in [2.45, 2.75) is 13.5 Å². The molecule has 0 fully saturated rings. The van der Waals surface area contributed by atoms with Gasteiger partial charge in [0.05, 0.1) is 0 Å². The third kappa shape index (κ3) is 4.78. The van der Waals surface area contributed by atoms with Gasteiger partial charge >= 0.3 is 0 Å². The van der Waals surface area contributed by atoms with Gasteiger partial charge in [-0.15, -0.1) is 0 Å². The lowest BCUT2D eigenvalue weighted by atomic mass is 10.1. The standard InChI is InChI=1S/C12H18BrNO/c1-10(9-15)7-14(2)8-11-3-5-12(13)6-4-11/h3-6,10,15H,7-9H2,1-2H3. The first-order chi connectivity index (χ1) is 7.11. The fourth-order valence-corrected chi connectivity index (χ4v) is 1.82. The molecule has 0 bridgehead atoms. The lowest BCUT2D eigenvalue weighted by molar-refractivity contribution is 0.188. The summed E-state index contributed by atoms with van der Waals surface area (Å²) >= 11 is 3.42. The van der Waals surface area contributed by atoms with Gasteiger partial charge < -0.3 is 10.0 Å². The SMILES string of the molecule is CC(CO)CN(C)Cc1ccc(Br)cc1. The van der Waals surface area contributed by atoms with Crippen molar-refractivity contribution in [1.82, 2.24) is 4.90 Å². The van der Waals surface area contributed by atoms with Crippen LogP contribution in [0.1, 0.15) is 12.5 Å². The van der Waals surface area contributed by atoms with Crippen LogP contribution in [0.25, 0.3) is 0 Å². The second-order valence-corrected chi connectivity index (χ2v) is 5.03. The van der Waals surface area contributed by atoms with Crippen LogP contribution in [0, 0.1) is 5.92 Å². The van der Waals surface area contributed by atoms with E-state index in [1.54, 1.807) is 0 Å². The largest absolute Gasteiger partial charge is 0.396 e. The zero-order valence-corrected chi connectivity index (χ0v) is 10.9. The number of halogens is 1. The molecule has 2 nitrogen and oxygen atoms in total. The lowest BCUT2D eigenvalue weighted by Gasteiger charge is -2.19. The first-order valence-electron chi connectivity index (χ1n) is 5.15. The normalized spacial score (nSPS) is 13.1. The van der Waals surface area contributed by atoms with Crippen LogP contribution in [0.2, 0.25) is 0 Å². The number of benzene rings is 1. The fraction of sp³-hybridized carbons (Fsp3) is 0.500. The van der Waals surface area contributed by atoms with Crippen LogP contribution in [0.4, 0.5) is 0 Å². The Hall–Kier alpha value is -0.380. The number of rotatable bonds is 5. The number of hydrogen-bond acceptors (Lipinski definition) is 2. The van der Waals surface area contributed by atoms with Gasteiger partial charge in [0.1, 0.15) is 0 Å². The Morgan fingerprint density at radius 3 is 2.47 bits per heavy atom. The van der Waals surface area contributed by atoms with Crippen LogP contribution in [-0.4, -0.2) is 30.2 Å². The Balaban J connectivity index is 2.44. The number of aliphatic hydroxyl groups is 1. The molecule has 1 aromatic carbocycles. The summed E-state index contributed by atoms with van der Waals surface area (Å²) in [7, 11) is 2.08. The van der Waals surface area contributed by atoms with Crippen LogP contribution in [0.5, 0.6) is 0 Å². The molecule has 0 aliphatic heterocycles. The summed E-state index contributed by atoms with van der Waals surface area (Å²) < 4.78 is 1.11. The quantitative estimate of drug-likeness (QED) is 0.890. The monoisotopic (exact) mass is 271 g/mol. The molecular weight excluding hydrogens is 254 g/mol. The van der Waals surface area contributed by atoms with E-state index >= 15 is 0 Å². The molecule has 0 radical (unpaired) electrons. The van der Waals surface area contributed by atoms with Crippen molar-refractivity contribution in [2.75, 3.05) is 20.2 Å². The predicted molar refractivity (Wildman–Crippen MR) is 66.7 cm³/mol. The smallest absolute Gasteiger partial charge is 0.0468 e. The molecule has 1 atom stereocenters. The molecule has 0 saturated heterocycles. The molecule has 84 valence electrons. The van der Waals surface area contributed by atoms with Crippen molar-refractivity contribution >= 4 is 15.9 Å². The van der Waals surface area contributed by atoms with E-state index in [-0.39, 0.29) is 6.61 Å². The summed E-state index contributed by atoms with van der Waals surface area (Å²) in [5.41, 5.74) is 1.30. The highest BCUT2D eigenvalue weighted by molar-refractivity contribution is 9.10. The van der Waals surface area contributed by atoms with Gasteiger partial charge in [-0.25, -0.2) is 0 Å². The van der Waals surface area contributed by atoms with E-state index in [2.05, 4.69) is 59.1 Å². The Morgan fingerprint density at radius 1 is 1.33 bits per heavy atom. The average molecular weight is 272 g/mol. The van der Waals surface area contributed by atoms with E-state index in [1.165, 1.54) is 5.56 Å². The van der Waals surface area contributed by atoms with Crippen LogP contribution in [0.15, 0.2) is 28.7 Å². The highest BCUT2D eigenvalue weighted by Crippen LogP contribution is 2.12. The van der Waals surface area contributed by atoms with Gasteiger partial charge in [-0.1, -0.05) is 35.0 Å². The van der Waals surface area contributed by atoms with Gasteiger partial charge in [-0.3, -0.25) is 0 Å². The van der Waals surface area contributed by atoms with Gasteiger partial charge in [0.25, 0.3) is 0 Å². The second-order valence-electron chi connectivity index (χ2n) is 4.11. The van der Waals surface area contributed by atoms with E-state index in [4.69, 9.17) is 5.11 Å². The number of nitrogens with zero attached hydrogens (tertiary/aromatic N) is 1. The van der Waals surface area contributed by atoms with Gasteiger partial charge in [0, 0.05) is 24.2 Å². The molecular formula is C12H18BrNO. The molecule has 1 aromatic rings. The Kier molecular flexibility index (Phi) is 5.29. The van der Waals surface area contributed by atoms with Crippen molar-refractivity contribution in [2.24, 2.45) is 5.92 Å². The summed E-state index contributed by atoms with van der Waals surface area (Å²) in [6.07, 6.45) is 0. The molecule has 0 aliphatic rings. The van der Waals surface area contributed by atoms with Crippen molar-refractivity contribution in [1.29, 1.82) is 0 Å². The Bertz CT molecular complexity index is 286. The zero-order chi connectivity index (χ0) is 11.3. The molecule has 0 spiro atoms. The van der Waals surface area contributed by atoms with Crippen LogP contribution < -0.4 is 0 Å². The molecule has 0 aromatic heterocycles. The fourth-order valence-electron chi connectivity index (χ4n) is 1.56. The van der Waals surface area contributed by atoms with E-state index in [0.717, 1.165) is 17.6 Å². The van der Waals surface area contributed by atoms with Gasteiger partial charge in [0.2, 0.25) is 0 Å². The summed E-state index contributed by atoms with van der Waals surface area (Å²) in [4.78, 5) is 2.23.